The van der Waals surface area contributed by atoms with Crippen LogP contribution in [0.15, 0.2) is 46.7 Å². The highest BCUT2D eigenvalue weighted by atomic mass is 32.2. The molecular formula is C23H31N3O3S2. The Morgan fingerprint density at radius 2 is 1.94 bits per heavy atom. The van der Waals surface area contributed by atoms with Crippen molar-refractivity contribution < 1.29 is 13.2 Å². The van der Waals surface area contributed by atoms with Gasteiger partial charge in [-0.05, 0) is 73.7 Å². The zero-order chi connectivity index (χ0) is 21.7. The van der Waals surface area contributed by atoms with Crippen molar-refractivity contribution in [3.8, 4) is 0 Å². The number of nitrogens with zero attached hydrogens (tertiary/aromatic N) is 1. The van der Waals surface area contributed by atoms with Gasteiger partial charge in [0.25, 0.3) is 0 Å². The summed E-state index contributed by atoms with van der Waals surface area (Å²) in [6.07, 6.45) is 5.19. The van der Waals surface area contributed by atoms with Gasteiger partial charge in [-0.2, -0.15) is 0 Å². The van der Waals surface area contributed by atoms with Crippen LogP contribution in [-0.4, -0.2) is 44.9 Å². The number of piperidine rings is 1. The van der Waals surface area contributed by atoms with Gasteiger partial charge in [-0.3, -0.25) is 9.69 Å². The van der Waals surface area contributed by atoms with Crippen molar-refractivity contribution in [1.29, 1.82) is 0 Å². The van der Waals surface area contributed by atoms with Gasteiger partial charge in [-0.1, -0.05) is 18.2 Å². The second-order valence-corrected chi connectivity index (χ2v) is 11.4. The first-order valence-corrected chi connectivity index (χ1v) is 13.5. The molecule has 2 N–H and O–H groups in total. The van der Waals surface area contributed by atoms with E-state index in [1.54, 1.807) is 35.6 Å². The third-order valence-electron chi connectivity index (χ3n) is 5.92. The van der Waals surface area contributed by atoms with Crippen LogP contribution in [0.5, 0.6) is 0 Å². The normalized spacial score (nSPS) is 19.9. The van der Waals surface area contributed by atoms with Crippen molar-refractivity contribution in [1.82, 2.24) is 14.9 Å². The maximum Gasteiger partial charge on any atom is 0.240 e. The number of thiophene rings is 1. The Balaban J connectivity index is 1.18. The summed E-state index contributed by atoms with van der Waals surface area (Å²) in [4.78, 5) is 16.5. The van der Waals surface area contributed by atoms with Crippen LogP contribution < -0.4 is 10.0 Å². The number of benzene rings is 1. The summed E-state index contributed by atoms with van der Waals surface area (Å²) in [6, 6.07) is 11.2. The van der Waals surface area contributed by atoms with E-state index in [1.807, 2.05) is 0 Å². The van der Waals surface area contributed by atoms with Crippen LogP contribution in [0.2, 0.25) is 0 Å². The van der Waals surface area contributed by atoms with E-state index in [9.17, 15) is 13.2 Å². The predicted molar refractivity (Wildman–Crippen MR) is 123 cm³/mol. The van der Waals surface area contributed by atoms with Crippen LogP contribution in [-0.2, 0) is 27.8 Å². The Kier molecular flexibility index (Phi) is 7.43. The van der Waals surface area contributed by atoms with Gasteiger partial charge in [0.05, 0.1) is 4.90 Å². The lowest BCUT2D eigenvalue weighted by molar-refractivity contribution is -0.121. The molecule has 2 aromatic rings. The first-order chi connectivity index (χ1) is 15.0. The highest BCUT2D eigenvalue weighted by molar-refractivity contribution is 7.89. The molecule has 1 amide bonds. The number of rotatable bonds is 10. The zero-order valence-corrected chi connectivity index (χ0v) is 19.4. The molecule has 1 aromatic heterocycles. The third kappa shape index (κ3) is 6.87. The topological polar surface area (TPSA) is 78.5 Å². The number of hydrogen-bond donors (Lipinski definition) is 2. The van der Waals surface area contributed by atoms with Crippen molar-refractivity contribution >= 4 is 27.3 Å². The molecular weight excluding hydrogens is 430 g/mol. The lowest BCUT2D eigenvalue weighted by atomic mass is 9.98. The van der Waals surface area contributed by atoms with Gasteiger partial charge in [0, 0.05) is 37.0 Å². The fourth-order valence-corrected chi connectivity index (χ4v) is 6.06. The van der Waals surface area contributed by atoms with E-state index in [-0.39, 0.29) is 16.8 Å². The second kappa shape index (κ2) is 10.3. The number of nitrogens with one attached hydrogen (secondary N) is 2. The van der Waals surface area contributed by atoms with Crippen LogP contribution in [0.3, 0.4) is 0 Å². The summed E-state index contributed by atoms with van der Waals surface area (Å²) in [7, 11) is -3.42. The molecule has 2 fully saturated rings. The van der Waals surface area contributed by atoms with E-state index in [0.29, 0.717) is 18.8 Å². The number of likely N-dealkylation sites (tertiary alicyclic amines) is 1. The fraction of sp³-hybridized carbons (Fsp3) is 0.522. The molecule has 1 aliphatic heterocycles. The zero-order valence-electron chi connectivity index (χ0n) is 17.8. The Hall–Kier alpha value is -1.74. The van der Waals surface area contributed by atoms with E-state index in [0.717, 1.165) is 51.0 Å². The van der Waals surface area contributed by atoms with Crippen LogP contribution in [0.25, 0.3) is 0 Å². The maximum atomic E-state index is 12.3. The minimum absolute atomic E-state index is 0.0579. The van der Waals surface area contributed by atoms with Crippen LogP contribution >= 0.6 is 11.3 Å². The summed E-state index contributed by atoms with van der Waals surface area (Å²) in [5, 5.41) is 5.22. The largest absolute Gasteiger partial charge is 0.356 e. The molecule has 2 aliphatic rings. The molecule has 8 heteroatoms. The Morgan fingerprint density at radius 3 is 2.65 bits per heavy atom. The summed E-state index contributed by atoms with van der Waals surface area (Å²) in [5.41, 5.74) is 0.973. The molecule has 1 aliphatic carbocycles. The molecule has 1 saturated carbocycles. The van der Waals surface area contributed by atoms with Gasteiger partial charge >= 0.3 is 0 Å². The summed E-state index contributed by atoms with van der Waals surface area (Å²) in [6.45, 7) is 3.89. The van der Waals surface area contributed by atoms with Crippen LogP contribution in [0.1, 0.15) is 42.5 Å². The average molecular weight is 462 g/mol. The Bertz CT molecular complexity index is 954. The molecule has 1 unspecified atom stereocenters. The number of amides is 1. The lowest BCUT2D eigenvalue weighted by Gasteiger charge is -2.32. The quantitative estimate of drug-likeness (QED) is 0.570. The van der Waals surface area contributed by atoms with Gasteiger partial charge < -0.3 is 5.32 Å². The van der Waals surface area contributed by atoms with Crippen molar-refractivity contribution in [2.24, 2.45) is 5.92 Å². The van der Waals surface area contributed by atoms with Crippen molar-refractivity contribution in [2.75, 3.05) is 19.6 Å². The van der Waals surface area contributed by atoms with Crippen molar-refractivity contribution in [3.05, 3.63) is 52.2 Å². The predicted octanol–water partition coefficient (Wildman–Crippen LogP) is 3.15. The highest BCUT2D eigenvalue weighted by Crippen LogP contribution is 2.23. The monoisotopic (exact) mass is 461 g/mol. The van der Waals surface area contributed by atoms with Gasteiger partial charge in [0.2, 0.25) is 15.9 Å². The molecule has 1 saturated heterocycles. The molecule has 4 rings (SSSR count). The Labute approximate surface area is 189 Å². The van der Waals surface area contributed by atoms with E-state index < -0.39 is 10.0 Å². The number of carbonyl (C=O) groups excluding carboxylic acids is 1. The molecule has 6 nitrogen and oxygen atoms in total. The number of sulfonamides is 1. The highest BCUT2D eigenvalue weighted by Gasteiger charge is 2.27. The molecule has 31 heavy (non-hydrogen) atoms. The summed E-state index contributed by atoms with van der Waals surface area (Å²) < 4.78 is 27.1. The van der Waals surface area contributed by atoms with E-state index in [2.05, 4.69) is 32.5 Å². The minimum Gasteiger partial charge on any atom is -0.356 e. The standard InChI is InChI=1S/C23H31N3O3S2/c27-23(24-15-19-3-1-13-26(16-19)17-21-4-2-14-30-21)12-7-18-5-10-22(11-6-18)31(28,29)25-20-8-9-20/h2,4-6,10-11,14,19-20,25H,1,3,7-9,12-13,15-17H2,(H,24,27). The van der Waals surface area contributed by atoms with Gasteiger partial charge in [0.15, 0.2) is 0 Å². The van der Waals surface area contributed by atoms with Gasteiger partial charge in [0.1, 0.15) is 0 Å². The molecule has 0 spiro atoms. The number of carbonyl (C=O) groups is 1. The van der Waals surface area contributed by atoms with E-state index >= 15 is 0 Å². The number of hydrogen-bond acceptors (Lipinski definition) is 5. The maximum absolute atomic E-state index is 12.3. The molecule has 2 heterocycles. The molecule has 0 bridgehead atoms. The van der Waals surface area contributed by atoms with Crippen LogP contribution in [0, 0.1) is 5.92 Å². The second-order valence-electron chi connectivity index (χ2n) is 8.67. The average Bonchev–Trinajstić information content (AvgIpc) is 3.42. The molecule has 1 aromatic carbocycles. The van der Waals surface area contributed by atoms with Crippen LogP contribution in [0.4, 0.5) is 0 Å². The Morgan fingerprint density at radius 1 is 1.13 bits per heavy atom. The SMILES string of the molecule is O=C(CCc1ccc(S(=O)(=O)NC2CC2)cc1)NCC1CCCN(Cc2cccs2)C1. The van der Waals surface area contributed by atoms with E-state index in [4.69, 9.17) is 0 Å². The molecule has 0 radical (unpaired) electrons. The van der Waals surface area contributed by atoms with Gasteiger partial charge in [-0.15, -0.1) is 11.3 Å². The summed E-state index contributed by atoms with van der Waals surface area (Å²) in [5.74, 6) is 0.559. The first kappa shape index (κ1) is 22.5. The molecule has 168 valence electrons. The smallest absolute Gasteiger partial charge is 0.240 e. The van der Waals surface area contributed by atoms with Crippen molar-refractivity contribution in [3.63, 3.8) is 0 Å². The first-order valence-electron chi connectivity index (χ1n) is 11.1. The minimum atomic E-state index is -3.42. The fourth-order valence-electron chi connectivity index (χ4n) is 4.01. The molecule has 1 atom stereocenters. The third-order valence-corrected chi connectivity index (χ3v) is 8.32. The number of aryl methyl sites for hydroxylation is 1. The van der Waals surface area contributed by atoms with Crippen molar-refractivity contribution in [2.45, 2.75) is 56.0 Å². The summed E-state index contributed by atoms with van der Waals surface area (Å²) >= 11 is 1.80. The van der Waals surface area contributed by atoms with Gasteiger partial charge in [-0.25, -0.2) is 13.1 Å². The van der Waals surface area contributed by atoms with E-state index in [1.165, 1.54) is 11.3 Å². The lowest BCUT2D eigenvalue weighted by Crippen LogP contribution is -2.40.